The molecule has 1 aromatic rings. The third-order valence-corrected chi connectivity index (χ3v) is 4.06. The Morgan fingerprint density at radius 3 is 2.43 bits per heavy atom. The number of nitro benzene ring substituents is 1. The Balaban J connectivity index is 2.60. The second kappa shape index (κ2) is 5.26. The van der Waals surface area contributed by atoms with E-state index in [-0.39, 0.29) is 5.69 Å². The highest BCUT2D eigenvalue weighted by Gasteiger charge is 2.41. The summed E-state index contributed by atoms with van der Waals surface area (Å²) in [5.74, 6) is 0. The molecular formula is C15H14N4O2. The van der Waals surface area contributed by atoms with Gasteiger partial charge in [0.1, 0.15) is 5.41 Å². The molecule has 1 heterocycles. The van der Waals surface area contributed by atoms with Gasteiger partial charge in [-0.05, 0) is 18.9 Å². The Hall–Kier alpha value is -2.86. The number of nitriles is 2. The summed E-state index contributed by atoms with van der Waals surface area (Å²) in [5.41, 5.74) is 0.746. The molecule has 1 unspecified atom stereocenters. The molecule has 0 amide bonds. The van der Waals surface area contributed by atoms with Crippen molar-refractivity contribution in [3.8, 4) is 12.1 Å². The normalized spacial score (nSPS) is 21.6. The van der Waals surface area contributed by atoms with E-state index >= 15 is 0 Å². The molecule has 0 saturated carbocycles. The summed E-state index contributed by atoms with van der Waals surface area (Å²) in [6.45, 7) is 2.47. The minimum Gasteiger partial charge on any atom is -0.377 e. The van der Waals surface area contributed by atoms with E-state index in [0.29, 0.717) is 24.1 Å². The monoisotopic (exact) mass is 282 g/mol. The molecule has 6 nitrogen and oxygen atoms in total. The molecule has 106 valence electrons. The van der Waals surface area contributed by atoms with Gasteiger partial charge in [-0.3, -0.25) is 10.1 Å². The van der Waals surface area contributed by atoms with Gasteiger partial charge in [-0.25, -0.2) is 0 Å². The average Bonchev–Trinajstić information content (AvgIpc) is 2.50. The fourth-order valence-electron chi connectivity index (χ4n) is 2.64. The highest BCUT2D eigenvalue weighted by atomic mass is 16.6. The molecule has 0 bridgehead atoms. The first-order chi connectivity index (χ1) is 9.96. The minimum absolute atomic E-state index is 0.0287. The standard InChI is InChI=1S/C15H14N4O2/c1-11-14(9-16)15(10-17,7-8-18(11)2)12-3-5-13(6-4-12)19(20)21/h3-6H,7-8H2,1-2H3. The summed E-state index contributed by atoms with van der Waals surface area (Å²) in [5, 5.41) is 29.9. The van der Waals surface area contributed by atoms with Crippen molar-refractivity contribution in [2.75, 3.05) is 13.6 Å². The molecule has 0 saturated heterocycles. The van der Waals surface area contributed by atoms with Crippen LogP contribution < -0.4 is 0 Å². The van der Waals surface area contributed by atoms with Crippen LogP contribution in [-0.2, 0) is 5.41 Å². The molecule has 0 radical (unpaired) electrons. The van der Waals surface area contributed by atoms with Crippen LogP contribution in [0.15, 0.2) is 35.5 Å². The third kappa shape index (κ3) is 2.21. The average molecular weight is 282 g/mol. The SMILES string of the molecule is CC1=C(C#N)C(C#N)(c2ccc([N+](=O)[O-])cc2)CCN1C. The molecule has 1 aliphatic rings. The van der Waals surface area contributed by atoms with E-state index in [1.807, 2.05) is 18.9 Å². The molecule has 0 spiro atoms. The smallest absolute Gasteiger partial charge is 0.269 e. The maximum Gasteiger partial charge on any atom is 0.269 e. The zero-order valence-corrected chi connectivity index (χ0v) is 11.8. The van der Waals surface area contributed by atoms with Crippen molar-refractivity contribution in [2.45, 2.75) is 18.8 Å². The number of non-ortho nitro benzene ring substituents is 1. The lowest BCUT2D eigenvalue weighted by molar-refractivity contribution is -0.384. The van der Waals surface area contributed by atoms with Crippen LogP contribution in [0.5, 0.6) is 0 Å². The van der Waals surface area contributed by atoms with Crippen molar-refractivity contribution in [3.05, 3.63) is 51.2 Å². The lowest BCUT2D eigenvalue weighted by Gasteiger charge is -2.37. The van der Waals surface area contributed by atoms with Crippen molar-refractivity contribution in [3.63, 3.8) is 0 Å². The van der Waals surface area contributed by atoms with Gasteiger partial charge in [-0.2, -0.15) is 10.5 Å². The summed E-state index contributed by atoms with van der Waals surface area (Å²) in [7, 11) is 1.88. The Labute approximate surface area is 122 Å². The van der Waals surface area contributed by atoms with Gasteiger partial charge in [0.2, 0.25) is 0 Å². The zero-order chi connectivity index (χ0) is 15.6. The summed E-state index contributed by atoms with van der Waals surface area (Å²) in [6, 6.07) is 10.3. The maximum absolute atomic E-state index is 10.7. The first-order valence-electron chi connectivity index (χ1n) is 6.45. The fraction of sp³-hybridized carbons (Fsp3) is 0.333. The van der Waals surface area contributed by atoms with Crippen LogP contribution in [0.2, 0.25) is 0 Å². The lowest BCUT2D eigenvalue weighted by Crippen LogP contribution is -2.38. The van der Waals surface area contributed by atoms with Crippen LogP contribution in [0.4, 0.5) is 5.69 Å². The van der Waals surface area contributed by atoms with Gasteiger partial charge in [0.05, 0.1) is 22.6 Å². The van der Waals surface area contributed by atoms with Crippen molar-refractivity contribution < 1.29 is 4.92 Å². The number of nitrogens with zero attached hydrogens (tertiary/aromatic N) is 4. The summed E-state index contributed by atoms with van der Waals surface area (Å²) < 4.78 is 0. The predicted molar refractivity (Wildman–Crippen MR) is 75.9 cm³/mol. The van der Waals surface area contributed by atoms with E-state index in [4.69, 9.17) is 0 Å². The van der Waals surface area contributed by atoms with Gasteiger partial charge >= 0.3 is 0 Å². The van der Waals surface area contributed by atoms with Gasteiger partial charge in [0.25, 0.3) is 5.69 Å². The topological polar surface area (TPSA) is 94.0 Å². The summed E-state index contributed by atoms with van der Waals surface area (Å²) in [4.78, 5) is 12.2. The van der Waals surface area contributed by atoms with E-state index in [1.165, 1.54) is 12.1 Å². The highest BCUT2D eigenvalue weighted by molar-refractivity contribution is 5.53. The maximum atomic E-state index is 10.7. The second-order valence-corrected chi connectivity index (χ2v) is 5.06. The predicted octanol–water partition coefficient (Wildman–Crippen LogP) is 2.49. The van der Waals surface area contributed by atoms with E-state index in [0.717, 1.165) is 5.70 Å². The molecule has 0 N–H and O–H groups in total. The number of hydrogen-bond donors (Lipinski definition) is 0. The summed E-state index contributed by atoms with van der Waals surface area (Å²) in [6.07, 6.45) is 0.484. The van der Waals surface area contributed by atoms with E-state index in [2.05, 4.69) is 12.1 Å². The molecule has 2 rings (SSSR count). The quantitative estimate of drug-likeness (QED) is 0.613. The Bertz CT molecular complexity index is 694. The molecule has 0 fully saturated rings. The Morgan fingerprint density at radius 2 is 1.95 bits per heavy atom. The highest BCUT2D eigenvalue weighted by Crippen LogP contribution is 2.40. The molecule has 1 aliphatic heterocycles. The number of rotatable bonds is 2. The first kappa shape index (κ1) is 14.5. The molecule has 1 aromatic carbocycles. The molecular weight excluding hydrogens is 268 g/mol. The second-order valence-electron chi connectivity index (χ2n) is 5.06. The third-order valence-electron chi connectivity index (χ3n) is 4.06. The molecule has 6 heteroatoms. The van der Waals surface area contributed by atoms with Crippen LogP contribution in [0, 0.1) is 32.8 Å². The Morgan fingerprint density at radius 1 is 1.33 bits per heavy atom. The number of nitro groups is 1. The molecule has 1 atom stereocenters. The van der Waals surface area contributed by atoms with Gasteiger partial charge in [0.15, 0.2) is 0 Å². The number of allylic oxidation sites excluding steroid dienone is 2. The van der Waals surface area contributed by atoms with Crippen molar-refractivity contribution in [1.29, 1.82) is 10.5 Å². The minimum atomic E-state index is -1.03. The number of benzene rings is 1. The number of hydrogen-bond acceptors (Lipinski definition) is 5. The van der Waals surface area contributed by atoms with Crippen LogP contribution >= 0.6 is 0 Å². The van der Waals surface area contributed by atoms with E-state index in [9.17, 15) is 20.6 Å². The van der Waals surface area contributed by atoms with E-state index < -0.39 is 10.3 Å². The van der Waals surface area contributed by atoms with E-state index in [1.54, 1.807) is 12.1 Å². The van der Waals surface area contributed by atoms with Crippen molar-refractivity contribution >= 4 is 5.69 Å². The Kier molecular flexibility index (Phi) is 3.64. The zero-order valence-electron chi connectivity index (χ0n) is 11.8. The molecule has 0 aromatic heterocycles. The van der Waals surface area contributed by atoms with Crippen LogP contribution in [0.3, 0.4) is 0 Å². The fourth-order valence-corrected chi connectivity index (χ4v) is 2.64. The summed E-state index contributed by atoms with van der Waals surface area (Å²) >= 11 is 0. The largest absolute Gasteiger partial charge is 0.377 e. The van der Waals surface area contributed by atoms with Gasteiger partial charge in [0, 0.05) is 31.4 Å². The van der Waals surface area contributed by atoms with Gasteiger partial charge < -0.3 is 4.90 Å². The van der Waals surface area contributed by atoms with Crippen molar-refractivity contribution in [1.82, 2.24) is 4.90 Å². The van der Waals surface area contributed by atoms with Crippen LogP contribution in [0.25, 0.3) is 0 Å². The van der Waals surface area contributed by atoms with Crippen LogP contribution in [-0.4, -0.2) is 23.4 Å². The van der Waals surface area contributed by atoms with Crippen LogP contribution in [0.1, 0.15) is 18.9 Å². The lowest BCUT2D eigenvalue weighted by atomic mass is 9.70. The molecule has 0 aliphatic carbocycles. The van der Waals surface area contributed by atoms with Gasteiger partial charge in [-0.1, -0.05) is 12.1 Å². The molecule has 21 heavy (non-hydrogen) atoms. The van der Waals surface area contributed by atoms with Crippen molar-refractivity contribution in [2.24, 2.45) is 0 Å². The first-order valence-corrected chi connectivity index (χ1v) is 6.45. The van der Waals surface area contributed by atoms with Gasteiger partial charge in [-0.15, -0.1) is 0 Å².